The lowest BCUT2D eigenvalue weighted by atomic mass is 10.1. The maximum absolute atomic E-state index is 12.5. The highest BCUT2D eigenvalue weighted by Gasteiger charge is 2.41. The van der Waals surface area contributed by atoms with Gasteiger partial charge in [-0.2, -0.15) is 0 Å². The molecule has 1 heterocycles. The Balaban J connectivity index is 1.69. The highest BCUT2D eigenvalue weighted by Crippen LogP contribution is 2.33. The smallest absolute Gasteiger partial charge is 0.261 e. The van der Waals surface area contributed by atoms with E-state index < -0.39 is 0 Å². The molecule has 1 atom stereocenters. The van der Waals surface area contributed by atoms with Gasteiger partial charge in [-0.25, -0.2) is 0 Å². The van der Waals surface area contributed by atoms with Gasteiger partial charge in [-0.3, -0.25) is 14.5 Å². The second-order valence-electron chi connectivity index (χ2n) is 5.54. The van der Waals surface area contributed by atoms with Gasteiger partial charge < -0.3 is 5.11 Å². The molecule has 4 heteroatoms. The Morgan fingerprint density at radius 1 is 0.905 bits per heavy atom. The number of carbonyl (C=O) groups is 2. The molecule has 0 aromatic heterocycles. The number of hydrogen-bond donors (Lipinski definition) is 1. The summed E-state index contributed by atoms with van der Waals surface area (Å²) in [5, 5.41) is 9.55. The van der Waals surface area contributed by atoms with Crippen LogP contribution in [0.25, 0.3) is 0 Å². The molecule has 2 aromatic carbocycles. The molecule has 2 aliphatic rings. The van der Waals surface area contributed by atoms with Crippen LogP contribution in [0.3, 0.4) is 0 Å². The molecule has 104 valence electrons. The molecule has 4 rings (SSSR count). The zero-order valence-corrected chi connectivity index (χ0v) is 11.2. The number of phenols is 1. The maximum atomic E-state index is 12.5. The lowest BCUT2D eigenvalue weighted by Crippen LogP contribution is -2.40. The van der Waals surface area contributed by atoms with Crippen molar-refractivity contribution in [3.05, 3.63) is 64.7 Å². The number of aromatic hydroxyl groups is 1. The summed E-state index contributed by atoms with van der Waals surface area (Å²) < 4.78 is 0. The van der Waals surface area contributed by atoms with E-state index in [1.54, 1.807) is 36.4 Å². The summed E-state index contributed by atoms with van der Waals surface area (Å²) in [4.78, 5) is 26.3. The van der Waals surface area contributed by atoms with Gasteiger partial charge in [0.15, 0.2) is 0 Å². The van der Waals surface area contributed by atoms with Gasteiger partial charge in [0.1, 0.15) is 5.75 Å². The molecule has 2 amide bonds. The van der Waals surface area contributed by atoms with E-state index in [1.807, 2.05) is 6.07 Å². The molecule has 1 aliphatic heterocycles. The van der Waals surface area contributed by atoms with E-state index in [-0.39, 0.29) is 23.6 Å². The van der Waals surface area contributed by atoms with Crippen molar-refractivity contribution in [1.29, 1.82) is 0 Å². The van der Waals surface area contributed by atoms with Crippen molar-refractivity contribution >= 4 is 11.8 Å². The van der Waals surface area contributed by atoms with Crippen LogP contribution in [0.1, 0.15) is 31.8 Å². The number of amides is 2. The molecule has 0 fully saturated rings. The second-order valence-corrected chi connectivity index (χ2v) is 5.54. The quantitative estimate of drug-likeness (QED) is 0.814. The Kier molecular flexibility index (Phi) is 2.42. The second kappa shape index (κ2) is 4.19. The summed E-state index contributed by atoms with van der Waals surface area (Å²) in [6, 6.07) is 12.0. The number of imide groups is 1. The van der Waals surface area contributed by atoms with E-state index in [0.29, 0.717) is 24.0 Å². The minimum Gasteiger partial charge on any atom is -0.508 e. The molecular formula is C17H13NO3. The fraction of sp³-hybridized carbons (Fsp3) is 0.176. The molecule has 0 bridgehead atoms. The van der Waals surface area contributed by atoms with Gasteiger partial charge in [0.2, 0.25) is 0 Å². The summed E-state index contributed by atoms with van der Waals surface area (Å²) in [5.41, 5.74) is 3.08. The molecule has 1 aliphatic carbocycles. The Bertz CT molecular complexity index is 746. The third-order valence-corrected chi connectivity index (χ3v) is 4.29. The van der Waals surface area contributed by atoms with Crippen LogP contribution in [0.5, 0.6) is 5.75 Å². The van der Waals surface area contributed by atoms with Gasteiger partial charge in [-0.05, 0) is 48.2 Å². The molecule has 4 nitrogen and oxygen atoms in total. The first kappa shape index (κ1) is 12.1. The first-order chi connectivity index (χ1) is 10.1. The molecular weight excluding hydrogens is 266 g/mol. The van der Waals surface area contributed by atoms with Crippen LogP contribution < -0.4 is 0 Å². The van der Waals surface area contributed by atoms with Gasteiger partial charge in [-0.1, -0.05) is 18.2 Å². The number of benzene rings is 2. The molecule has 0 spiro atoms. The SMILES string of the molecule is O=C1c2ccccc2C(=O)N1C1Cc2ccc(O)cc2C1. The number of nitrogens with zero attached hydrogens (tertiary/aromatic N) is 1. The lowest BCUT2D eigenvalue weighted by Gasteiger charge is -2.21. The van der Waals surface area contributed by atoms with Crippen LogP contribution in [-0.4, -0.2) is 27.9 Å². The van der Waals surface area contributed by atoms with Crippen LogP contribution in [0.15, 0.2) is 42.5 Å². The summed E-state index contributed by atoms with van der Waals surface area (Å²) in [7, 11) is 0. The molecule has 21 heavy (non-hydrogen) atoms. The van der Waals surface area contributed by atoms with E-state index in [9.17, 15) is 14.7 Å². The van der Waals surface area contributed by atoms with Crippen molar-refractivity contribution < 1.29 is 14.7 Å². The predicted molar refractivity (Wildman–Crippen MR) is 76.2 cm³/mol. The van der Waals surface area contributed by atoms with Crippen LogP contribution in [0.2, 0.25) is 0 Å². The first-order valence-corrected chi connectivity index (χ1v) is 6.93. The highest BCUT2D eigenvalue weighted by atomic mass is 16.3. The summed E-state index contributed by atoms with van der Waals surface area (Å²) in [6.07, 6.45) is 1.26. The zero-order valence-electron chi connectivity index (χ0n) is 11.2. The average molecular weight is 279 g/mol. The minimum absolute atomic E-state index is 0.158. The van der Waals surface area contributed by atoms with E-state index in [1.165, 1.54) is 4.90 Å². The fourth-order valence-corrected chi connectivity index (χ4v) is 3.30. The standard InChI is InChI=1S/C17H13NO3/c19-13-6-5-10-7-12(8-11(10)9-13)18-16(20)14-3-1-2-4-15(14)17(18)21/h1-6,9,12,19H,7-8H2. The molecule has 1 unspecified atom stereocenters. The predicted octanol–water partition coefficient (Wildman–Crippen LogP) is 2.16. The number of hydrogen-bond acceptors (Lipinski definition) is 3. The number of fused-ring (bicyclic) bond motifs is 2. The van der Waals surface area contributed by atoms with E-state index in [0.717, 1.165) is 11.1 Å². The monoisotopic (exact) mass is 279 g/mol. The number of phenolic OH excluding ortho intramolecular Hbond substituents is 1. The Morgan fingerprint density at radius 3 is 2.19 bits per heavy atom. The van der Waals surface area contributed by atoms with Crippen LogP contribution in [0.4, 0.5) is 0 Å². The number of carbonyl (C=O) groups excluding carboxylic acids is 2. The Labute approximate surface area is 121 Å². The van der Waals surface area contributed by atoms with Crippen molar-refractivity contribution in [3.63, 3.8) is 0 Å². The molecule has 2 aromatic rings. The highest BCUT2D eigenvalue weighted by molar-refractivity contribution is 6.21. The van der Waals surface area contributed by atoms with Crippen LogP contribution >= 0.6 is 0 Å². The maximum Gasteiger partial charge on any atom is 0.261 e. The zero-order chi connectivity index (χ0) is 14.6. The molecule has 0 saturated heterocycles. The van der Waals surface area contributed by atoms with Crippen molar-refractivity contribution in [3.8, 4) is 5.75 Å². The van der Waals surface area contributed by atoms with Gasteiger partial charge in [0.05, 0.1) is 11.1 Å². The summed E-state index contributed by atoms with van der Waals surface area (Å²) in [6.45, 7) is 0. The van der Waals surface area contributed by atoms with E-state index in [4.69, 9.17) is 0 Å². The lowest BCUT2D eigenvalue weighted by molar-refractivity contribution is 0.0590. The molecule has 0 saturated carbocycles. The normalized spacial score (nSPS) is 19.8. The van der Waals surface area contributed by atoms with E-state index >= 15 is 0 Å². The van der Waals surface area contributed by atoms with Crippen molar-refractivity contribution in [2.75, 3.05) is 0 Å². The Morgan fingerprint density at radius 2 is 1.52 bits per heavy atom. The molecule has 0 radical (unpaired) electrons. The summed E-state index contributed by atoms with van der Waals surface area (Å²) >= 11 is 0. The van der Waals surface area contributed by atoms with E-state index in [2.05, 4.69) is 0 Å². The number of rotatable bonds is 1. The van der Waals surface area contributed by atoms with Gasteiger partial charge >= 0.3 is 0 Å². The summed E-state index contributed by atoms with van der Waals surface area (Å²) in [5.74, 6) is -0.202. The third-order valence-electron chi connectivity index (χ3n) is 4.29. The van der Waals surface area contributed by atoms with Crippen molar-refractivity contribution in [1.82, 2.24) is 4.90 Å². The van der Waals surface area contributed by atoms with Crippen LogP contribution in [-0.2, 0) is 12.8 Å². The molecule has 1 N–H and O–H groups in total. The van der Waals surface area contributed by atoms with Gasteiger partial charge in [0, 0.05) is 6.04 Å². The van der Waals surface area contributed by atoms with Crippen molar-refractivity contribution in [2.24, 2.45) is 0 Å². The topological polar surface area (TPSA) is 57.6 Å². The van der Waals surface area contributed by atoms with Crippen molar-refractivity contribution in [2.45, 2.75) is 18.9 Å². The average Bonchev–Trinajstić information content (AvgIpc) is 2.99. The fourth-order valence-electron chi connectivity index (χ4n) is 3.30. The van der Waals surface area contributed by atoms with Gasteiger partial charge in [-0.15, -0.1) is 0 Å². The largest absolute Gasteiger partial charge is 0.508 e. The first-order valence-electron chi connectivity index (χ1n) is 6.93. The van der Waals surface area contributed by atoms with Gasteiger partial charge in [0.25, 0.3) is 11.8 Å². The minimum atomic E-state index is -0.211. The van der Waals surface area contributed by atoms with Crippen LogP contribution in [0, 0.1) is 0 Å². The third kappa shape index (κ3) is 1.69. The Hall–Kier alpha value is -2.62.